The van der Waals surface area contributed by atoms with Crippen LogP contribution in [0.2, 0.25) is 0 Å². The Labute approximate surface area is 377 Å². The maximum atomic E-state index is 11.2. The average molecular weight is 984 g/mol. The summed E-state index contributed by atoms with van der Waals surface area (Å²) in [5, 5.41) is 87.6. The number of rotatable bonds is 20. The monoisotopic (exact) mass is 983 g/mol. The van der Waals surface area contributed by atoms with Gasteiger partial charge in [0.2, 0.25) is 6.10 Å². The van der Waals surface area contributed by atoms with E-state index < -0.39 is 117 Å². The highest BCUT2D eigenvalue weighted by molar-refractivity contribution is 7.75. The van der Waals surface area contributed by atoms with E-state index in [9.17, 15) is 23.7 Å². The lowest BCUT2D eigenvalue weighted by molar-refractivity contribution is -0.193. The fourth-order valence-corrected chi connectivity index (χ4v) is 4.15. The Hall–Kier alpha value is -5.81. The van der Waals surface area contributed by atoms with Crippen molar-refractivity contribution in [1.82, 2.24) is 0 Å². The van der Waals surface area contributed by atoms with Crippen molar-refractivity contribution in [1.29, 1.82) is 0 Å². The lowest BCUT2D eigenvalue weighted by Crippen LogP contribution is -2.34. The number of esters is 3. The topological polar surface area (TPSA) is 545 Å². The largest absolute Gasteiger partial charge is 0.464 e. The van der Waals surface area contributed by atoms with Crippen molar-refractivity contribution in [2.45, 2.75) is 122 Å². The molecule has 1 aliphatic rings. The summed E-state index contributed by atoms with van der Waals surface area (Å²) in [5.41, 5.74) is 23.9. The maximum absolute atomic E-state index is 11.2. The van der Waals surface area contributed by atoms with Gasteiger partial charge >= 0.3 is 47.7 Å². The summed E-state index contributed by atoms with van der Waals surface area (Å²) in [6.45, 7) is 8.90. The van der Waals surface area contributed by atoms with Crippen molar-refractivity contribution in [3.8, 4) is 0 Å². The number of azide groups is 3. The summed E-state index contributed by atoms with van der Waals surface area (Å²) in [6, 6.07) is -2.64. The van der Waals surface area contributed by atoms with E-state index in [0.717, 1.165) is 0 Å². The molecule has 34 heteroatoms. The summed E-state index contributed by atoms with van der Waals surface area (Å²) in [7, 11) is 0. The van der Waals surface area contributed by atoms with Gasteiger partial charge in [0.05, 0.1) is 82.7 Å². The summed E-state index contributed by atoms with van der Waals surface area (Å²) < 4.78 is 34.2. The molecule has 0 amide bonds. The third-order valence-electron chi connectivity index (χ3n) is 6.50. The number of nitrogens with zero attached hydrogens (tertiary/aromatic N) is 9. The molecule has 9 N–H and O–H groups in total. The molecular weight excluding hydrogens is 926 g/mol. The zero-order valence-corrected chi connectivity index (χ0v) is 37.2. The molecule has 33 nitrogen and oxygen atoms in total. The molecule has 1 saturated heterocycles. The molecular formula is C32H57N9O24S. The van der Waals surface area contributed by atoms with Crippen LogP contribution >= 0.6 is 0 Å². The van der Waals surface area contributed by atoms with Gasteiger partial charge in [-0.15, -0.1) is 0 Å². The molecule has 0 aromatic carbocycles. The van der Waals surface area contributed by atoms with Crippen molar-refractivity contribution in [3.05, 3.63) is 31.3 Å². The van der Waals surface area contributed by atoms with E-state index in [0.29, 0.717) is 19.3 Å². The van der Waals surface area contributed by atoms with Crippen molar-refractivity contribution >= 4 is 47.7 Å². The summed E-state index contributed by atoms with van der Waals surface area (Å²) >= 11 is -1.81. The highest BCUT2D eigenvalue weighted by Gasteiger charge is 2.40. The third-order valence-corrected chi connectivity index (χ3v) is 7.27. The van der Waals surface area contributed by atoms with Gasteiger partial charge in [0, 0.05) is 14.7 Å². The predicted molar refractivity (Wildman–Crippen MR) is 211 cm³/mol. The molecule has 4 unspecified atom stereocenters. The summed E-state index contributed by atoms with van der Waals surface area (Å²) in [4.78, 5) is 88.9. The molecule has 0 aromatic heterocycles. The van der Waals surface area contributed by atoms with Gasteiger partial charge in [0.15, 0.2) is 12.2 Å². The average Bonchev–Trinajstić information content (AvgIpc) is 3.70. The number of hydrogen-bond acceptors (Lipinski definition) is 27. The highest BCUT2D eigenvalue weighted by Crippen LogP contribution is 2.21. The zero-order chi connectivity index (χ0) is 53.1. The normalized spacial score (nSPS) is 17.0. The molecule has 11 atom stereocenters. The van der Waals surface area contributed by atoms with Gasteiger partial charge in [0.25, 0.3) is 0 Å². The van der Waals surface area contributed by atoms with Crippen LogP contribution in [-0.2, 0) is 77.1 Å². The Morgan fingerprint density at radius 3 is 1.20 bits per heavy atom. The lowest BCUT2D eigenvalue weighted by atomic mass is 10.1. The van der Waals surface area contributed by atoms with Crippen LogP contribution in [0.15, 0.2) is 15.3 Å². The molecule has 1 aliphatic heterocycles. The van der Waals surface area contributed by atoms with E-state index in [1.165, 1.54) is 0 Å². The van der Waals surface area contributed by atoms with Gasteiger partial charge in [-0.25, -0.2) is 14.4 Å². The van der Waals surface area contributed by atoms with Crippen LogP contribution in [0.4, 0.5) is 0 Å². The molecule has 0 radical (unpaired) electrons. The van der Waals surface area contributed by atoms with E-state index in [2.05, 4.69) is 39.6 Å². The number of carbonyl (C=O) groups excluding carboxylic acids is 9. The van der Waals surface area contributed by atoms with E-state index >= 15 is 0 Å². The number of aliphatic hydroxyl groups is 9. The lowest BCUT2D eigenvalue weighted by Gasteiger charge is -2.14. The molecule has 1 heterocycles. The number of carbonyl (C=O) groups is 3. The number of hydrogen-bond donors (Lipinski definition) is 9. The Bertz CT molecular complexity index is 1470. The van der Waals surface area contributed by atoms with E-state index in [1.54, 1.807) is 34.6 Å². The second-order valence-corrected chi connectivity index (χ2v) is 11.5. The van der Waals surface area contributed by atoms with Crippen LogP contribution in [0.3, 0.4) is 0 Å². The quantitative estimate of drug-likeness (QED) is 0.0197. The van der Waals surface area contributed by atoms with Gasteiger partial charge in [-0.3, -0.25) is 8.37 Å². The highest BCUT2D eigenvalue weighted by atomic mass is 32.2. The van der Waals surface area contributed by atoms with Crippen molar-refractivity contribution < 1.29 is 116 Å². The molecule has 1 fully saturated rings. The van der Waals surface area contributed by atoms with Gasteiger partial charge < -0.3 is 60.2 Å². The van der Waals surface area contributed by atoms with Crippen LogP contribution < -0.4 is 0 Å². The van der Waals surface area contributed by atoms with Crippen LogP contribution in [0.5, 0.6) is 0 Å². The summed E-state index contributed by atoms with van der Waals surface area (Å²) in [5.74, 6) is -2.02. The van der Waals surface area contributed by atoms with Crippen LogP contribution in [0.1, 0.15) is 60.8 Å². The molecule has 0 spiro atoms. The second-order valence-electron chi connectivity index (χ2n) is 10.7. The first kappa shape index (κ1) is 74.5. The fourth-order valence-electron chi connectivity index (χ4n) is 3.29. The Morgan fingerprint density at radius 1 is 0.576 bits per heavy atom. The number of ether oxygens (including phenoxy) is 3. The van der Waals surface area contributed by atoms with Crippen LogP contribution in [0.25, 0.3) is 31.3 Å². The van der Waals surface area contributed by atoms with Crippen molar-refractivity contribution in [2.75, 3.05) is 46.2 Å². The first-order chi connectivity index (χ1) is 31.2. The predicted octanol–water partition coefficient (Wildman–Crippen LogP) is -2.73. The first-order valence-electron chi connectivity index (χ1n) is 18.5. The van der Waals surface area contributed by atoms with E-state index in [4.69, 9.17) is 99.3 Å². The molecule has 0 aliphatic carbocycles. The summed E-state index contributed by atoms with van der Waals surface area (Å²) in [6.07, 6.45) is -5.40. The molecule has 0 aromatic rings. The van der Waals surface area contributed by atoms with Gasteiger partial charge in [-0.2, -0.15) is 33.0 Å². The first-order valence-corrected chi connectivity index (χ1v) is 19.5. The second kappa shape index (κ2) is 55.3. The van der Waals surface area contributed by atoms with Gasteiger partial charge in [0.1, 0.15) is 6.10 Å². The maximum Gasteiger partial charge on any atom is 0.373 e. The standard InChI is InChI=1S/C7H13N3O3.C7H12O5S.C7H14O4.2C4H9N3O3.3CO2/c1-3-5(9-10-8)6(11)7(12)13-4-2;1-3-5-6(7(8)10-4-2)12-13(9)11-5;1-3-5(8)6(9)7(10)11-4-2;2*5-7-6-3(1-8)4(10)2-9;3*2-1-3/h5-6,11H,3-4H2,1-2H3;5-6H,3-4H2,1-2H3;5-6,8-9H,3-4H2,1-2H3;2*3-4,8-10H,1-2H2;;;/t5?,6-;5?,6-,13?;5-,6+;3?,4-;3-,4+;;;/m00110.../s1. The zero-order valence-electron chi connectivity index (χ0n) is 36.4. The smallest absolute Gasteiger partial charge is 0.373 e. The van der Waals surface area contributed by atoms with Gasteiger partial charge in [-0.1, -0.05) is 36.1 Å². The van der Waals surface area contributed by atoms with Crippen molar-refractivity contribution in [2.24, 2.45) is 15.3 Å². The van der Waals surface area contributed by atoms with Crippen LogP contribution in [0, 0.1) is 0 Å². The molecule has 380 valence electrons. The van der Waals surface area contributed by atoms with Crippen molar-refractivity contribution in [3.63, 3.8) is 0 Å². The minimum absolute atomic E-state index is 0.197. The number of aliphatic hydroxyl groups excluding tert-OH is 9. The fraction of sp³-hybridized carbons (Fsp3) is 0.812. The van der Waals surface area contributed by atoms with E-state index in [1.807, 2.05) is 6.92 Å². The SMILES string of the molecule is CCOC(=O)[C@@H](O)C(CC)N=[N+]=[N-].CCOC(=O)[C@@H](O)[C@H](O)CC.CCOC(=O)[C@H]1OS(=O)OC1CC.O=C=O.O=C=O.O=C=O.[N-]=[N+]=NC(CO)[C@H](O)CO.[N-]=[N+]=N[C@@H](CO)[C@H](O)CO. The Morgan fingerprint density at radius 2 is 0.924 bits per heavy atom. The minimum atomic E-state index is -1.81. The van der Waals surface area contributed by atoms with E-state index in [-0.39, 0.29) is 38.3 Å². The van der Waals surface area contributed by atoms with Crippen LogP contribution in [-0.4, -0.2) is 194 Å². The molecule has 1 rings (SSSR count). The third kappa shape index (κ3) is 43.4. The van der Waals surface area contributed by atoms with Gasteiger partial charge in [-0.05, 0) is 56.6 Å². The Balaban J connectivity index is -0.000000126. The Kier molecular flexibility index (Phi) is 62.5. The molecule has 0 bridgehead atoms. The molecule has 0 saturated carbocycles. The minimum Gasteiger partial charge on any atom is -0.464 e. The molecule has 66 heavy (non-hydrogen) atoms.